The van der Waals surface area contributed by atoms with Crippen molar-refractivity contribution in [2.75, 3.05) is 26.2 Å². The Labute approximate surface area is 104 Å². The molecule has 0 unspecified atom stereocenters. The molecule has 2 rings (SSSR count). The van der Waals surface area contributed by atoms with Crippen LogP contribution in [-0.4, -0.2) is 37.2 Å². The highest BCUT2D eigenvalue weighted by Gasteiger charge is 2.15. The molecule has 1 fully saturated rings. The van der Waals surface area contributed by atoms with E-state index in [9.17, 15) is 0 Å². The first-order chi connectivity index (χ1) is 8.28. The maximum Gasteiger partial charge on any atom is 0.119 e. The molecule has 1 aromatic rings. The van der Waals surface area contributed by atoms with Gasteiger partial charge in [-0.3, -0.25) is 4.90 Å². The van der Waals surface area contributed by atoms with Crippen LogP contribution in [0.1, 0.15) is 19.4 Å². The Bertz CT molecular complexity index is 354. The zero-order valence-corrected chi connectivity index (χ0v) is 10.8. The predicted molar refractivity (Wildman–Crippen MR) is 70.4 cm³/mol. The Balaban J connectivity index is 1.95. The van der Waals surface area contributed by atoms with Crippen molar-refractivity contribution in [1.82, 2.24) is 10.2 Å². The van der Waals surface area contributed by atoms with Gasteiger partial charge in [-0.2, -0.15) is 0 Å². The average Bonchev–Trinajstić information content (AvgIpc) is 2.30. The average molecular weight is 234 g/mol. The molecule has 94 valence electrons. The summed E-state index contributed by atoms with van der Waals surface area (Å²) in [6.45, 7) is 9.35. The van der Waals surface area contributed by atoms with Crippen LogP contribution >= 0.6 is 0 Å². The second kappa shape index (κ2) is 6.03. The fourth-order valence-electron chi connectivity index (χ4n) is 2.31. The molecule has 0 aliphatic carbocycles. The zero-order chi connectivity index (χ0) is 12.1. The Kier molecular flexibility index (Phi) is 4.40. The third-order valence-corrected chi connectivity index (χ3v) is 3.07. The molecule has 0 saturated carbocycles. The van der Waals surface area contributed by atoms with Gasteiger partial charge in [0.25, 0.3) is 0 Å². The maximum absolute atomic E-state index is 5.53. The van der Waals surface area contributed by atoms with E-state index in [0.717, 1.165) is 38.5 Å². The van der Waals surface area contributed by atoms with Crippen LogP contribution in [-0.2, 0) is 6.54 Å². The molecule has 1 N–H and O–H groups in total. The minimum Gasteiger partial charge on any atom is -0.494 e. The van der Waals surface area contributed by atoms with Crippen LogP contribution in [0.4, 0.5) is 0 Å². The fourth-order valence-corrected chi connectivity index (χ4v) is 2.31. The number of nitrogens with zero attached hydrogens (tertiary/aromatic N) is 1. The van der Waals surface area contributed by atoms with Crippen LogP contribution in [0.2, 0.25) is 0 Å². The SMILES string of the molecule is CCOc1cccc(CN2CCN[C@H](C)C2)c1. The second-order valence-electron chi connectivity index (χ2n) is 4.67. The van der Waals surface area contributed by atoms with Crippen molar-refractivity contribution in [1.29, 1.82) is 0 Å². The van der Waals surface area contributed by atoms with Gasteiger partial charge in [0.15, 0.2) is 0 Å². The van der Waals surface area contributed by atoms with Crippen molar-refractivity contribution in [3.05, 3.63) is 29.8 Å². The van der Waals surface area contributed by atoms with E-state index < -0.39 is 0 Å². The van der Waals surface area contributed by atoms with Gasteiger partial charge in [0, 0.05) is 32.2 Å². The molecule has 1 aliphatic heterocycles. The van der Waals surface area contributed by atoms with Crippen molar-refractivity contribution >= 4 is 0 Å². The number of benzene rings is 1. The molecule has 0 amide bonds. The number of ether oxygens (including phenoxy) is 1. The molecule has 3 nitrogen and oxygen atoms in total. The second-order valence-corrected chi connectivity index (χ2v) is 4.67. The monoisotopic (exact) mass is 234 g/mol. The van der Waals surface area contributed by atoms with E-state index in [1.54, 1.807) is 0 Å². The van der Waals surface area contributed by atoms with Gasteiger partial charge >= 0.3 is 0 Å². The van der Waals surface area contributed by atoms with Crippen molar-refractivity contribution < 1.29 is 4.74 Å². The quantitative estimate of drug-likeness (QED) is 0.861. The van der Waals surface area contributed by atoms with E-state index in [1.807, 2.05) is 13.0 Å². The first-order valence-corrected chi connectivity index (χ1v) is 6.45. The standard InChI is InChI=1S/C14H22N2O/c1-3-17-14-6-4-5-13(9-14)11-16-8-7-15-12(2)10-16/h4-6,9,12,15H,3,7-8,10-11H2,1-2H3/t12-/m1/s1. The first-order valence-electron chi connectivity index (χ1n) is 6.45. The van der Waals surface area contributed by atoms with Crippen LogP contribution in [0, 0.1) is 0 Å². The lowest BCUT2D eigenvalue weighted by atomic mass is 10.1. The summed E-state index contributed by atoms with van der Waals surface area (Å²) < 4.78 is 5.53. The minimum absolute atomic E-state index is 0.596. The van der Waals surface area contributed by atoms with Gasteiger partial charge < -0.3 is 10.1 Å². The Morgan fingerprint density at radius 3 is 3.12 bits per heavy atom. The summed E-state index contributed by atoms with van der Waals surface area (Å²) in [6, 6.07) is 9.02. The summed E-state index contributed by atoms with van der Waals surface area (Å²) in [5.74, 6) is 0.980. The fraction of sp³-hybridized carbons (Fsp3) is 0.571. The first kappa shape index (κ1) is 12.4. The summed E-state index contributed by atoms with van der Waals surface area (Å²) in [5.41, 5.74) is 1.34. The van der Waals surface area contributed by atoms with E-state index in [0.29, 0.717) is 6.04 Å². The largest absolute Gasteiger partial charge is 0.494 e. The third-order valence-electron chi connectivity index (χ3n) is 3.07. The maximum atomic E-state index is 5.53. The molecule has 3 heteroatoms. The highest BCUT2D eigenvalue weighted by atomic mass is 16.5. The number of piperazine rings is 1. The summed E-state index contributed by atoms with van der Waals surface area (Å²) in [6.07, 6.45) is 0. The van der Waals surface area contributed by atoms with Crippen LogP contribution in [0.25, 0.3) is 0 Å². The molecule has 0 spiro atoms. The molecule has 0 bridgehead atoms. The molecule has 1 aliphatic rings. The number of hydrogen-bond acceptors (Lipinski definition) is 3. The topological polar surface area (TPSA) is 24.5 Å². The van der Waals surface area contributed by atoms with E-state index in [2.05, 4.69) is 35.3 Å². The van der Waals surface area contributed by atoms with Gasteiger partial charge in [-0.05, 0) is 31.5 Å². The molecule has 1 atom stereocenters. The number of nitrogens with one attached hydrogen (secondary N) is 1. The molecular formula is C14H22N2O. The van der Waals surface area contributed by atoms with Crippen molar-refractivity contribution in [3.8, 4) is 5.75 Å². The van der Waals surface area contributed by atoms with Crippen molar-refractivity contribution in [3.63, 3.8) is 0 Å². The highest BCUT2D eigenvalue weighted by Crippen LogP contribution is 2.15. The molecule has 1 saturated heterocycles. The smallest absolute Gasteiger partial charge is 0.119 e. The van der Waals surface area contributed by atoms with Crippen molar-refractivity contribution in [2.24, 2.45) is 0 Å². The lowest BCUT2D eigenvalue weighted by Gasteiger charge is -2.31. The normalized spacial score (nSPS) is 21.4. The van der Waals surface area contributed by atoms with Gasteiger partial charge in [-0.1, -0.05) is 12.1 Å². The van der Waals surface area contributed by atoms with Crippen LogP contribution in [0.5, 0.6) is 5.75 Å². The molecular weight excluding hydrogens is 212 g/mol. The number of rotatable bonds is 4. The Hall–Kier alpha value is -1.06. The Morgan fingerprint density at radius 1 is 1.47 bits per heavy atom. The minimum atomic E-state index is 0.596. The number of hydrogen-bond donors (Lipinski definition) is 1. The van der Waals surface area contributed by atoms with Crippen LogP contribution in [0.3, 0.4) is 0 Å². The van der Waals surface area contributed by atoms with Crippen LogP contribution < -0.4 is 10.1 Å². The predicted octanol–water partition coefficient (Wildman–Crippen LogP) is 1.88. The lowest BCUT2D eigenvalue weighted by Crippen LogP contribution is -2.48. The van der Waals surface area contributed by atoms with Gasteiger partial charge in [0.2, 0.25) is 0 Å². The van der Waals surface area contributed by atoms with E-state index in [1.165, 1.54) is 5.56 Å². The van der Waals surface area contributed by atoms with E-state index in [-0.39, 0.29) is 0 Å². The van der Waals surface area contributed by atoms with Crippen LogP contribution in [0.15, 0.2) is 24.3 Å². The lowest BCUT2D eigenvalue weighted by molar-refractivity contribution is 0.199. The highest BCUT2D eigenvalue weighted by molar-refractivity contribution is 5.28. The third kappa shape index (κ3) is 3.72. The summed E-state index contributed by atoms with van der Waals surface area (Å²) >= 11 is 0. The van der Waals surface area contributed by atoms with Gasteiger partial charge in [-0.25, -0.2) is 0 Å². The molecule has 1 aromatic carbocycles. The summed E-state index contributed by atoms with van der Waals surface area (Å²) in [4.78, 5) is 2.49. The molecule has 0 aromatic heterocycles. The van der Waals surface area contributed by atoms with Gasteiger partial charge in [-0.15, -0.1) is 0 Å². The summed E-state index contributed by atoms with van der Waals surface area (Å²) in [7, 11) is 0. The molecule has 0 radical (unpaired) electrons. The Morgan fingerprint density at radius 2 is 2.35 bits per heavy atom. The van der Waals surface area contributed by atoms with Crippen molar-refractivity contribution in [2.45, 2.75) is 26.4 Å². The van der Waals surface area contributed by atoms with Gasteiger partial charge in [0.1, 0.15) is 5.75 Å². The summed E-state index contributed by atoms with van der Waals surface area (Å²) in [5, 5.41) is 3.46. The van der Waals surface area contributed by atoms with Gasteiger partial charge in [0.05, 0.1) is 6.61 Å². The zero-order valence-electron chi connectivity index (χ0n) is 10.8. The van der Waals surface area contributed by atoms with E-state index in [4.69, 9.17) is 4.74 Å². The molecule has 1 heterocycles. The molecule has 17 heavy (non-hydrogen) atoms. The van der Waals surface area contributed by atoms with E-state index >= 15 is 0 Å².